The first-order valence-corrected chi connectivity index (χ1v) is 6.79. The van der Waals surface area contributed by atoms with E-state index in [0.29, 0.717) is 0 Å². The van der Waals surface area contributed by atoms with Crippen LogP contribution in [0.15, 0.2) is 18.2 Å². The molecular weight excluding hydrogens is 238 g/mol. The molecule has 1 aromatic carbocycles. The highest BCUT2D eigenvalue weighted by Crippen LogP contribution is 2.14. The average Bonchev–Trinajstić information content (AvgIpc) is 2.36. The first kappa shape index (κ1) is 15.5. The molecule has 0 aromatic heterocycles. The number of aryl methyl sites for hydroxylation is 1. The second-order valence-corrected chi connectivity index (χ2v) is 5.75. The molecule has 0 saturated heterocycles. The van der Waals surface area contributed by atoms with Gasteiger partial charge >= 0.3 is 0 Å². The normalized spacial score (nSPS) is 11.3. The average molecular weight is 264 g/mol. The van der Waals surface area contributed by atoms with Gasteiger partial charge in [0.15, 0.2) is 0 Å². The van der Waals surface area contributed by atoms with E-state index in [-0.39, 0.29) is 0 Å². The lowest BCUT2D eigenvalue weighted by atomic mass is 10.1. The summed E-state index contributed by atoms with van der Waals surface area (Å²) in [5.41, 5.74) is 9.23. The van der Waals surface area contributed by atoms with Crippen molar-refractivity contribution in [1.82, 2.24) is 5.32 Å². The number of carbonyl (C=O) groups is 1. The summed E-state index contributed by atoms with van der Waals surface area (Å²) in [5.74, 6) is 0. The number of benzene rings is 1. The zero-order valence-corrected chi connectivity index (χ0v) is 12.3. The summed E-state index contributed by atoms with van der Waals surface area (Å²) >= 11 is 0. The molecule has 0 spiro atoms. The molecule has 0 heterocycles. The van der Waals surface area contributed by atoms with E-state index in [1.165, 1.54) is 5.56 Å². The van der Waals surface area contributed by atoms with Crippen molar-refractivity contribution in [3.63, 3.8) is 0 Å². The molecule has 4 heteroatoms. The van der Waals surface area contributed by atoms with E-state index in [2.05, 4.69) is 37.6 Å². The van der Waals surface area contributed by atoms with Crippen molar-refractivity contribution in [2.24, 2.45) is 0 Å². The van der Waals surface area contributed by atoms with Crippen LogP contribution in [0.3, 0.4) is 0 Å². The molecule has 4 nitrogen and oxygen atoms in total. The van der Waals surface area contributed by atoms with Gasteiger partial charge in [-0.2, -0.15) is 0 Å². The van der Waals surface area contributed by atoms with Crippen LogP contribution in [0.2, 0.25) is 0 Å². The molecule has 0 unspecified atom stereocenters. The summed E-state index contributed by atoms with van der Waals surface area (Å²) in [5, 5.41) is 2.70. The van der Waals surface area contributed by atoms with Crippen molar-refractivity contribution in [3.8, 4) is 0 Å². The minimum Gasteiger partial charge on any atom is -0.399 e. The minimum absolute atomic E-state index is 0.753. The molecule has 0 aliphatic carbocycles. The summed E-state index contributed by atoms with van der Waals surface area (Å²) < 4.78 is 0.953. The van der Waals surface area contributed by atoms with Gasteiger partial charge in [-0.3, -0.25) is 4.79 Å². The molecule has 0 aliphatic rings. The molecule has 3 N–H and O–H groups in total. The number of anilines is 1. The molecule has 0 atom stereocenters. The van der Waals surface area contributed by atoms with E-state index < -0.39 is 0 Å². The molecule has 0 fully saturated rings. The van der Waals surface area contributed by atoms with Crippen molar-refractivity contribution in [2.75, 3.05) is 39.5 Å². The number of quaternary nitrogens is 1. The Balaban J connectivity index is 2.40. The van der Waals surface area contributed by atoms with E-state index >= 15 is 0 Å². The van der Waals surface area contributed by atoms with Crippen LogP contribution in [-0.2, 0) is 11.2 Å². The zero-order chi connectivity index (χ0) is 14.3. The van der Waals surface area contributed by atoms with E-state index in [0.717, 1.165) is 54.6 Å². The first-order valence-electron chi connectivity index (χ1n) is 6.79. The van der Waals surface area contributed by atoms with Gasteiger partial charge in [0.05, 0.1) is 27.2 Å². The fourth-order valence-electron chi connectivity index (χ4n) is 2.06. The van der Waals surface area contributed by atoms with E-state index in [1.54, 1.807) is 0 Å². The number of rotatable bonds is 8. The third kappa shape index (κ3) is 5.75. The quantitative estimate of drug-likeness (QED) is 0.322. The summed E-state index contributed by atoms with van der Waals surface area (Å²) in [7, 11) is 4.44. The van der Waals surface area contributed by atoms with Crippen LogP contribution in [0.25, 0.3) is 0 Å². The number of hydrogen-bond donors (Lipinski definition) is 2. The Hall–Kier alpha value is -1.55. The van der Waals surface area contributed by atoms with Gasteiger partial charge in [-0.1, -0.05) is 12.1 Å². The standard InChI is InChI=1S/C15H25N3O/c1-13-5-6-14(11-15(13)16)7-10-18(2,3)9-4-8-17-12-19/h5-6,11-12H,4,7-10,16H2,1-3H3/p+1. The van der Waals surface area contributed by atoms with Gasteiger partial charge in [0, 0.05) is 25.1 Å². The lowest BCUT2D eigenvalue weighted by molar-refractivity contribution is -0.890. The van der Waals surface area contributed by atoms with Gasteiger partial charge in [-0.05, 0) is 24.1 Å². The Kier molecular flexibility index (Phi) is 5.83. The number of nitrogens with one attached hydrogen (secondary N) is 1. The summed E-state index contributed by atoms with van der Waals surface area (Å²) in [6, 6.07) is 6.31. The van der Waals surface area contributed by atoms with Crippen molar-refractivity contribution in [2.45, 2.75) is 19.8 Å². The molecular formula is C15H26N3O+. The van der Waals surface area contributed by atoms with Crippen LogP contribution in [0, 0.1) is 6.92 Å². The maximum atomic E-state index is 10.2. The smallest absolute Gasteiger partial charge is 0.207 e. The Bertz CT molecular complexity index is 416. The number of amides is 1. The molecule has 1 rings (SSSR count). The Morgan fingerprint density at radius 2 is 2.05 bits per heavy atom. The topological polar surface area (TPSA) is 55.1 Å². The van der Waals surface area contributed by atoms with Crippen molar-refractivity contribution in [1.29, 1.82) is 0 Å². The summed E-state index contributed by atoms with van der Waals surface area (Å²) in [6.45, 7) is 4.91. The third-order valence-corrected chi connectivity index (χ3v) is 3.52. The highest BCUT2D eigenvalue weighted by Gasteiger charge is 2.14. The van der Waals surface area contributed by atoms with Gasteiger partial charge < -0.3 is 15.5 Å². The Morgan fingerprint density at radius 1 is 1.32 bits per heavy atom. The zero-order valence-electron chi connectivity index (χ0n) is 12.3. The fourth-order valence-corrected chi connectivity index (χ4v) is 2.06. The lowest BCUT2D eigenvalue weighted by Gasteiger charge is -2.30. The largest absolute Gasteiger partial charge is 0.399 e. The highest BCUT2D eigenvalue weighted by molar-refractivity contribution is 5.48. The molecule has 0 radical (unpaired) electrons. The predicted octanol–water partition coefficient (Wildman–Crippen LogP) is 1.33. The molecule has 19 heavy (non-hydrogen) atoms. The fraction of sp³-hybridized carbons (Fsp3) is 0.533. The summed E-state index contributed by atoms with van der Waals surface area (Å²) in [6.07, 6.45) is 2.79. The Labute approximate surface area is 116 Å². The number of hydrogen-bond acceptors (Lipinski definition) is 2. The SMILES string of the molecule is Cc1ccc(CC[N+](C)(C)CCCNC=O)cc1N. The van der Waals surface area contributed by atoms with E-state index in [9.17, 15) is 4.79 Å². The Morgan fingerprint density at radius 3 is 2.68 bits per heavy atom. The minimum atomic E-state index is 0.753. The van der Waals surface area contributed by atoms with Crippen LogP contribution in [0.1, 0.15) is 17.5 Å². The van der Waals surface area contributed by atoms with Crippen LogP contribution >= 0.6 is 0 Å². The van der Waals surface area contributed by atoms with Crippen molar-refractivity contribution >= 4 is 12.1 Å². The second-order valence-electron chi connectivity index (χ2n) is 5.75. The number of nitrogens with zero attached hydrogens (tertiary/aromatic N) is 1. The van der Waals surface area contributed by atoms with E-state index in [4.69, 9.17) is 5.73 Å². The van der Waals surface area contributed by atoms with Gasteiger partial charge in [-0.25, -0.2) is 0 Å². The molecule has 1 amide bonds. The van der Waals surface area contributed by atoms with Gasteiger partial charge in [0.2, 0.25) is 6.41 Å². The van der Waals surface area contributed by atoms with Crippen molar-refractivity contribution < 1.29 is 9.28 Å². The van der Waals surface area contributed by atoms with Crippen molar-refractivity contribution in [3.05, 3.63) is 29.3 Å². The molecule has 0 bridgehead atoms. The van der Waals surface area contributed by atoms with Gasteiger partial charge in [-0.15, -0.1) is 0 Å². The monoisotopic (exact) mass is 264 g/mol. The van der Waals surface area contributed by atoms with Crippen LogP contribution in [0.5, 0.6) is 0 Å². The molecule has 1 aromatic rings. The highest BCUT2D eigenvalue weighted by atomic mass is 16.1. The third-order valence-electron chi connectivity index (χ3n) is 3.52. The predicted molar refractivity (Wildman–Crippen MR) is 79.8 cm³/mol. The number of carbonyl (C=O) groups excluding carboxylic acids is 1. The number of nitrogen functional groups attached to an aromatic ring is 1. The number of likely N-dealkylation sites (N-methyl/N-ethyl adjacent to an activating group) is 1. The molecule has 0 saturated carbocycles. The summed E-state index contributed by atoms with van der Waals surface area (Å²) in [4.78, 5) is 10.2. The van der Waals surface area contributed by atoms with Gasteiger partial charge in [0.1, 0.15) is 0 Å². The molecule has 106 valence electrons. The second kappa shape index (κ2) is 7.14. The maximum absolute atomic E-state index is 10.2. The maximum Gasteiger partial charge on any atom is 0.207 e. The first-order chi connectivity index (χ1) is 8.94. The van der Waals surface area contributed by atoms with E-state index in [1.807, 2.05) is 6.92 Å². The van der Waals surface area contributed by atoms with Crippen LogP contribution in [0.4, 0.5) is 5.69 Å². The molecule has 0 aliphatic heterocycles. The van der Waals surface area contributed by atoms with Crippen LogP contribution < -0.4 is 11.1 Å². The lowest BCUT2D eigenvalue weighted by Crippen LogP contribution is -2.43. The van der Waals surface area contributed by atoms with Gasteiger partial charge in [0.25, 0.3) is 0 Å². The number of nitrogens with two attached hydrogens (primary N) is 1. The van der Waals surface area contributed by atoms with Crippen LogP contribution in [-0.4, -0.2) is 44.6 Å².